The largest absolute Gasteiger partial charge is 0.493 e. The highest BCUT2D eigenvalue weighted by Gasteiger charge is 2.24. The summed E-state index contributed by atoms with van der Waals surface area (Å²) in [6, 6.07) is 17.8. The van der Waals surface area contributed by atoms with Crippen molar-refractivity contribution in [1.82, 2.24) is 9.88 Å². The van der Waals surface area contributed by atoms with Crippen LogP contribution in [0.2, 0.25) is 0 Å². The zero-order valence-electron chi connectivity index (χ0n) is 17.8. The number of para-hydroxylation sites is 2. The van der Waals surface area contributed by atoms with E-state index in [-0.39, 0.29) is 5.91 Å². The molecule has 0 atom stereocenters. The number of carbonyl (C=O) groups excluding carboxylic acids is 1. The number of aromatic nitrogens is 1. The lowest BCUT2D eigenvalue weighted by molar-refractivity contribution is -0.132. The monoisotopic (exact) mass is 436 g/mol. The summed E-state index contributed by atoms with van der Waals surface area (Å²) in [6.07, 6.45) is 2.30. The van der Waals surface area contributed by atoms with Gasteiger partial charge in [-0.2, -0.15) is 0 Å². The van der Waals surface area contributed by atoms with Crippen LogP contribution in [0, 0.1) is 5.92 Å². The molecule has 1 amide bonds. The molecule has 1 saturated heterocycles. The highest BCUT2D eigenvalue weighted by molar-refractivity contribution is 7.13. The first kappa shape index (κ1) is 21.4. The van der Waals surface area contributed by atoms with Gasteiger partial charge in [0.05, 0.1) is 30.9 Å². The van der Waals surface area contributed by atoms with Gasteiger partial charge in [-0.25, -0.2) is 4.98 Å². The summed E-state index contributed by atoms with van der Waals surface area (Å²) in [7, 11) is 0. The molecule has 0 bridgehead atoms. The van der Waals surface area contributed by atoms with Crippen LogP contribution in [0.25, 0.3) is 10.6 Å². The highest BCUT2D eigenvalue weighted by atomic mass is 32.1. The number of likely N-dealkylation sites (tertiary alicyclic amines) is 1. The Morgan fingerprint density at radius 1 is 1.06 bits per heavy atom. The van der Waals surface area contributed by atoms with Crippen LogP contribution in [0.5, 0.6) is 11.5 Å². The van der Waals surface area contributed by atoms with Crippen molar-refractivity contribution in [3.8, 4) is 22.1 Å². The molecular weight excluding hydrogens is 408 g/mol. The van der Waals surface area contributed by atoms with Gasteiger partial charge in [0.25, 0.3) is 0 Å². The third kappa shape index (κ3) is 5.64. The zero-order chi connectivity index (χ0) is 21.5. The molecule has 0 aliphatic carbocycles. The smallest absolute Gasteiger partial charge is 0.228 e. The lowest BCUT2D eigenvalue weighted by atomic mass is 9.97. The van der Waals surface area contributed by atoms with Crippen LogP contribution in [0.4, 0.5) is 0 Å². The van der Waals surface area contributed by atoms with Crippen molar-refractivity contribution >= 4 is 17.2 Å². The summed E-state index contributed by atoms with van der Waals surface area (Å²) in [5.41, 5.74) is 1.80. The molecule has 162 valence electrons. The Hall–Kier alpha value is -2.86. The van der Waals surface area contributed by atoms with Gasteiger partial charge in [0.15, 0.2) is 0 Å². The second kappa shape index (κ2) is 10.4. The van der Waals surface area contributed by atoms with Crippen LogP contribution < -0.4 is 9.47 Å². The van der Waals surface area contributed by atoms with Crippen molar-refractivity contribution in [2.45, 2.75) is 26.2 Å². The Labute approximate surface area is 187 Å². The average Bonchev–Trinajstić information content (AvgIpc) is 3.27. The van der Waals surface area contributed by atoms with Gasteiger partial charge in [0.1, 0.15) is 16.5 Å². The number of rotatable bonds is 8. The number of ether oxygens (including phenoxy) is 2. The highest BCUT2D eigenvalue weighted by Crippen LogP contribution is 2.32. The molecule has 0 unspecified atom stereocenters. The Balaban J connectivity index is 1.28. The molecule has 1 fully saturated rings. The van der Waals surface area contributed by atoms with Crippen LogP contribution >= 0.6 is 11.3 Å². The maximum Gasteiger partial charge on any atom is 0.228 e. The van der Waals surface area contributed by atoms with E-state index in [1.165, 1.54) is 0 Å². The second-order valence-electron chi connectivity index (χ2n) is 7.70. The van der Waals surface area contributed by atoms with Crippen LogP contribution in [0.15, 0.2) is 60.0 Å². The topological polar surface area (TPSA) is 51.7 Å². The Morgan fingerprint density at radius 3 is 2.58 bits per heavy atom. The third-order valence-corrected chi connectivity index (χ3v) is 6.42. The van der Waals surface area contributed by atoms with Crippen molar-refractivity contribution in [3.63, 3.8) is 0 Å². The van der Waals surface area contributed by atoms with Gasteiger partial charge in [-0.1, -0.05) is 30.3 Å². The van der Waals surface area contributed by atoms with Gasteiger partial charge in [-0.15, -0.1) is 11.3 Å². The molecule has 0 radical (unpaired) electrons. The molecule has 0 spiro atoms. The van der Waals surface area contributed by atoms with Gasteiger partial charge in [-0.3, -0.25) is 4.79 Å². The maximum absolute atomic E-state index is 12.8. The second-order valence-corrected chi connectivity index (χ2v) is 8.56. The van der Waals surface area contributed by atoms with Crippen LogP contribution in [-0.2, 0) is 11.2 Å². The standard InChI is InChI=1S/C25H28N2O3S/c1-2-29-23-11-7-6-10-22(23)25-26-20(18-31-25)16-24(28)27-14-12-19(13-15-27)17-30-21-8-4-3-5-9-21/h3-11,18-19H,2,12-17H2,1H3. The minimum Gasteiger partial charge on any atom is -0.493 e. The molecule has 0 saturated carbocycles. The summed E-state index contributed by atoms with van der Waals surface area (Å²) in [4.78, 5) is 19.5. The van der Waals surface area contributed by atoms with Crippen molar-refractivity contribution in [3.05, 3.63) is 65.7 Å². The van der Waals surface area contributed by atoms with Gasteiger partial charge < -0.3 is 14.4 Å². The van der Waals surface area contributed by atoms with Gasteiger partial charge >= 0.3 is 0 Å². The first-order valence-corrected chi connectivity index (χ1v) is 11.7. The van der Waals surface area contributed by atoms with E-state index in [2.05, 4.69) is 0 Å². The van der Waals surface area contributed by atoms with Crippen LogP contribution in [-0.4, -0.2) is 42.1 Å². The van der Waals surface area contributed by atoms with E-state index in [1.54, 1.807) is 11.3 Å². The van der Waals surface area contributed by atoms with Crippen LogP contribution in [0.3, 0.4) is 0 Å². The molecule has 2 aromatic carbocycles. The predicted molar refractivity (Wildman–Crippen MR) is 124 cm³/mol. The quantitative estimate of drug-likeness (QED) is 0.495. The fourth-order valence-corrected chi connectivity index (χ4v) is 4.63. The number of hydrogen-bond acceptors (Lipinski definition) is 5. The first-order valence-electron chi connectivity index (χ1n) is 10.8. The molecule has 1 aliphatic rings. The lowest BCUT2D eigenvalue weighted by Crippen LogP contribution is -2.40. The molecule has 1 aromatic heterocycles. The molecule has 6 heteroatoms. The van der Waals surface area contributed by atoms with Crippen molar-refractivity contribution in [2.24, 2.45) is 5.92 Å². The van der Waals surface area contributed by atoms with Crippen LogP contribution in [0.1, 0.15) is 25.5 Å². The molecule has 1 aliphatic heterocycles. The summed E-state index contributed by atoms with van der Waals surface area (Å²) in [6.45, 7) is 4.86. The van der Waals surface area contributed by atoms with Crippen molar-refractivity contribution < 1.29 is 14.3 Å². The number of piperidine rings is 1. The summed E-state index contributed by atoms with van der Waals surface area (Å²) in [5, 5.41) is 2.87. The van der Waals surface area contributed by atoms with Crippen molar-refractivity contribution in [1.29, 1.82) is 0 Å². The summed E-state index contributed by atoms with van der Waals surface area (Å²) >= 11 is 1.56. The first-order chi connectivity index (χ1) is 15.2. The number of thiazole rings is 1. The Kier molecular flexibility index (Phi) is 7.20. The number of carbonyl (C=O) groups is 1. The van der Waals surface area contributed by atoms with Gasteiger partial charge in [0, 0.05) is 18.5 Å². The molecule has 2 heterocycles. The Bertz CT molecular complexity index is 981. The minimum atomic E-state index is 0.150. The summed E-state index contributed by atoms with van der Waals surface area (Å²) < 4.78 is 11.6. The lowest BCUT2D eigenvalue weighted by Gasteiger charge is -2.31. The number of hydrogen-bond donors (Lipinski definition) is 0. The predicted octanol–water partition coefficient (Wildman–Crippen LogP) is 5.07. The van der Waals surface area contributed by atoms with E-state index in [4.69, 9.17) is 14.5 Å². The number of amides is 1. The molecule has 5 nitrogen and oxygen atoms in total. The number of nitrogens with zero attached hydrogens (tertiary/aromatic N) is 2. The van der Waals surface area contributed by atoms with E-state index in [1.807, 2.05) is 71.8 Å². The molecular formula is C25H28N2O3S. The van der Waals surface area contributed by atoms with E-state index in [0.29, 0.717) is 25.6 Å². The molecule has 31 heavy (non-hydrogen) atoms. The molecule has 3 aromatic rings. The third-order valence-electron chi connectivity index (χ3n) is 5.50. The van der Waals surface area contributed by atoms with Gasteiger partial charge in [0.2, 0.25) is 5.91 Å². The Morgan fingerprint density at radius 2 is 1.81 bits per heavy atom. The molecule has 0 N–H and O–H groups in total. The van der Waals surface area contributed by atoms with E-state index < -0.39 is 0 Å². The normalized spacial score (nSPS) is 14.4. The fraction of sp³-hybridized carbons (Fsp3) is 0.360. The average molecular weight is 437 g/mol. The SMILES string of the molecule is CCOc1ccccc1-c1nc(CC(=O)N2CCC(COc3ccccc3)CC2)cs1. The maximum atomic E-state index is 12.8. The minimum absolute atomic E-state index is 0.150. The number of benzene rings is 2. The van der Waals surface area contributed by atoms with Gasteiger partial charge in [-0.05, 0) is 49.9 Å². The fourth-order valence-electron chi connectivity index (χ4n) is 3.78. The zero-order valence-corrected chi connectivity index (χ0v) is 18.6. The van der Waals surface area contributed by atoms with E-state index >= 15 is 0 Å². The van der Waals surface area contributed by atoms with E-state index in [9.17, 15) is 4.79 Å². The van der Waals surface area contributed by atoms with Crippen molar-refractivity contribution in [2.75, 3.05) is 26.3 Å². The van der Waals surface area contributed by atoms with E-state index in [0.717, 1.165) is 53.7 Å². The summed E-state index contributed by atoms with van der Waals surface area (Å²) in [5.74, 6) is 2.38. The molecule has 4 rings (SSSR count).